The van der Waals surface area contributed by atoms with Gasteiger partial charge in [0.1, 0.15) is 0 Å². The van der Waals surface area contributed by atoms with Crippen molar-refractivity contribution in [1.82, 2.24) is 9.88 Å². The molecule has 0 amide bonds. The summed E-state index contributed by atoms with van der Waals surface area (Å²) in [7, 11) is 0. The largest absolute Gasteiger partial charge is 0.401 e. The fourth-order valence-electron chi connectivity index (χ4n) is 2.14. The predicted molar refractivity (Wildman–Crippen MR) is 66.8 cm³/mol. The molecule has 106 valence electrons. The monoisotopic (exact) mass is 274 g/mol. The summed E-state index contributed by atoms with van der Waals surface area (Å²) < 4.78 is 36.8. The molecule has 0 saturated carbocycles. The van der Waals surface area contributed by atoms with E-state index in [1.807, 2.05) is 17.0 Å². The van der Waals surface area contributed by atoms with Crippen LogP contribution in [-0.4, -0.2) is 48.8 Å². The number of hydrogen-bond donors (Lipinski definition) is 1. The van der Waals surface area contributed by atoms with Gasteiger partial charge in [0.2, 0.25) is 0 Å². The molecule has 2 heterocycles. The van der Waals surface area contributed by atoms with E-state index in [1.54, 1.807) is 6.20 Å². The Balaban J connectivity index is 1.88. The molecule has 2 rings (SSSR count). The third kappa shape index (κ3) is 4.07. The first-order valence-electron chi connectivity index (χ1n) is 6.17. The molecule has 0 bridgehead atoms. The number of halogens is 3. The maximum Gasteiger partial charge on any atom is 0.401 e. The van der Waals surface area contributed by atoms with Gasteiger partial charge in [-0.05, 0) is 12.1 Å². The Kier molecular flexibility index (Phi) is 4.26. The number of rotatable bonds is 3. The minimum Gasteiger partial charge on any atom is -0.368 e. The van der Waals surface area contributed by atoms with Gasteiger partial charge in [-0.25, -0.2) is 0 Å². The molecular formula is C12H17F3N4. The summed E-state index contributed by atoms with van der Waals surface area (Å²) >= 11 is 0. The van der Waals surface area contributed by atoms with Crippen molar-refractivity contribution in [3.8, 4) is 0 Å². The first kappa shape index (κ1) is 14.1. The molecule has 0 spiro atoms. The van der Waals surface area contributed by atoms with Crippen LogP contribution in [0.15, 0.2) is 18.3 Å². The predicted octanol–water partition coefficient (Wildman–Crippen LogP) is 1.22. The van der Waals surface area contributed by atoms with Crippen molar-refractivity contribution in [2.24, 2.45) is 5.73 Å². The molecule has 1 aliphatic rings. The van der Waals surface area contributed by atoms with Gasteiger partial charge < -0.3 is 10.6 Å². The quantitative estimate of drug-likeness (QED) is 0.900. The van der Waals surface area contributed by atoms with Crippen LogP contribution in [0.2, 0.25) is 0 Å². The van der Waals surface area contributed by atoms with Gasteiger partial charge in [0.05, 0.1) is 24.1 Å². The first-order valence-corrected chi connectivity index (χ1v) is 6.17. The van der Waals surface area contributed by atoms with Crippen LogP contribution in [0, 0.1) is 0 Å². The van der Waals surface area contributed by atoms with E-state index in [1.165, 1.54) is 4.90 Å². The maximum absolute atomic E-state index is 12.3. The Morgan fingerprint density at radius 2 is 1.84 bits per heavy atom. The summed E-state index contributed by atoms with van der Waals surface area (Å²) in [6.07, 6.45) is -2.39. The second-order valence-corrected chi connectivity index (χ2v) is 4.59. The van der Waals surface area contributed by atoms with Crippen molar-refractivity contribution < 1.29 is 13.2 Å². The third-order valence-corrected chi connectivity index (χ3v) is 3.16. The normalized spacial score (nSPS) is 17.8. The second kappa shape index (κ2) is 5.75. The van der Waals surface area contributed by atoms with Crippen molar-refractivity contribution in [2.45, 2.75) is 12.7 Å². The van der Waals surface area contributed by atoms with Gasteiger partial charge in [0.25, 0.3) is 0 Å². The smallest absolute Gasteiger partial charge is 0.368 e. The Bertz CT molecular complexity index is 396. The Labute approximate surface area is 110 Å². The minimum absolute atomic E-state index is 0.389. The van der Waals surface area contributed by atoms with Crippen molar-refractivity contribution in [2.75, 3.05) is 37.6 Å². The molecule has 1 aromatic rings. The molecule has 1 aliphatic heterocycles. The molecular weight excluding hydrogens is 257 g/mol. The highest BCUT2D eigenvalue weighted by atomic mass is 19.4. The van der Waals surface area contributed by atoms with Crippen LogP contribution in [0.1, 0.15) is 5.69 Å². The zero-order valence-corrected chi connectivity index (χ0v) is 10.5. The van der Waals surface area contributed by atoms with Crippen molar-refractivity contribution in [3.63, 3.8) is 0 Å². The lowest BCUT2D eigenvalue weighted by Crippen LogP contribution is -2.49. The van der Waals surface area contributed by atoms with Crippen LogP contribution in [0.3, 0.4) is 0 Å². The van der Waals surface area contributed by atoms with Crippen LogP contribution in [0.4, 0.5) is 18.9 Å². The average Bonchev–Trinajstić information content (AvgIpc) is 2.38. The van der Waals surface area contributed by atoms with Crippen LogP contribution in [0.5, 0.6) is 0 Å². The summed E-state index contributed by atoms with van der Waals surface area (Å²) in [5, 5.41) is 0. The van der Waals surface area contributed by atoms with Crippen LogP contribution in [0.25, 0.3) is 0 Å². The van der Waals surface area contributed by atoms with E-state index in [2.05, 4.69) is 4.98 Å². The van der Waals surface area contributed by atoms with E-state index in [0.717, 1.165) is 11.4 Å². The molecule has 2 N–H and O–H groups in total. The van der Waals surface area contributed by atoms with E-state index in [4.69, 9.17) is 5.73 Å². The van der Waals surface area contributed by atoms with Crippen molar-refractivity contribution in [3.05, 3.63) is 24.0 Å². The van der Waals surface area contributed by atoms with Crippen LogP contribution < -0.4 is 10.6 Å². The summed E-state index contributed by atoms with van der Waals surface area (Å²) in [6.45, 7) is 1.56. The fourth-order valence-corrected chi connectivity index (χ4v) is 2.14. The van der Waals surface area contributed by atoms with Crippen molar-refractivity contribution >= 4 is 5.69 Å². The van der Waals surface area contributed by atoms with E-state index in [-0.39, 0.29) is 0 Å². The number of nitrogens with two attached hydrogens (primary N) is 1. The topological polar surface area (TPSA) is 45.4 Å². The van der Waals surface area contributed by atoms with Crippen LogP contribution >= 0.6 is 0 Å². The highest BCUT2D eigenvalue weighted by Crippen LogP contribution is 2.20. The molecule has 0 atom stereocenters. The number of aromatic nitrogens is 1. The Morgan fingerprint density at radius 3 is 2.32 bits per heavy atom. The molecule has 19 heavy (non-hydrogen) atoms. The highest BCUT2D eigenvalue weighted by molar-refractivity contribution is 5.45. The number of nitrogens with zero attached hydrogens (tertiary/aromatic N) is 3. The van der Waals surface area contributed by atoms with E-state index in [9.17, 15) is 13.2 Å². The zero-order valence-electron chi connectivity index (χ0n) is 10.5. The van der Waals surface area contributed by atoms with E-state index >= 15 is 0 Å². The molecule has 0 aliphatic carbocycles. The van der Waals surface area contributed by atoms with Gasteiger partial charge in [0, 0.05) is 32.7 Å². The lowest BCUT2D eigenvalue weighted by Gasteiger charge is -2.36. The average molecular weight is 274 g/mol. The van der Waals surface area contributed by atoms with Crippen LogP contribution in [-0.2, 0) is 6.54 Å². The third-order valence-electron chi connectivity index (χ3n) is 3.16. The van der Waals surface area contributed by atoms with Gasteiger partial charge in [-0.3, -0.25) is 9.88 Å². The summed E-state index contributed by atoms with van der Waals surface area (Å²) in [5.41, 5.74) is 7.21. The molecule has 7 heteroatoms. The van der Waals surface area contributed by atoms with Crippen molar-refractivity contribution in [1.29, 1.82) is 0 Å². The fraction of sp³-hybridized carbons (Fsp3) is 0.583. The number of pyridine rings is 1. The summed E-state index contributed by atoms with van der Waals surface area (Å²) in [4.78, 5) is 7.66. The first-order chi connectivity index (χ1) is 8.98. The SMILES string of the molecule is NCc1ccc(N2CCN(CC(F)(F)F)CC2)cn1. The molecule has 1 aromatic heterocycles. The van der Waals surface area contributed by atoms with E-state index < -0.39 is 12.7 Å². The standard InChI is InChI=1S/C12H17F3N4/c13-12(14,15)9-18-3-5-19(6-4-18)11-2-1-10(7-16)17-8-11/h1-2,8H,3-7,9,16H2. The number of hydrogen-bond acceptors (Lipinski definition) is 4. The van der Waals surface area contributed by atoms with Gasteiger partial charge in [-0.1, -0.05) is 0 Å². The van der Waals surface area contributed by atoms with Gasteiger partial charge in [0.15, 0.2) is 0 Å². The molecule has 0 unspecified atom stereocenters. The summed E-state index contributed by atoms with van der Waals surface area (Å²) in [6, 6.07) is 3.76. The van der Waals surface area contributed by atoms with E-state index in [0.29, 0.717) is 32.7 Å². The number of piperazine rings is 1. The summed E-state index contributed by atoms with van der Waals surface area (Å²) in [5.74, 6) is 0. The van der Waals surface area contributed by atoms with Gasteiger partial charge in [-0.2, -0.15) is 13.2 Å². The zero-order chi connectivity index (χ0) is 13.9. The maximum atomic E-state index is 12.3. The molecule has 1 fully saturated rings. The Hall–Kier alpha value is -1.34. The Morgan fingerprint density at radius 1 is 1.16 bits per heavy atom. The number of alkyl halides is 3. The molecule has 0 radical (unpaired) electrons. The minimum atomic E-state index is -4.12. The number of anilines is 1. The molecule has 0 aromatic carbocycles. The van der Waals surface area contributed by atoms with Gasteiger partial charge >= 0.3 is 6.18 Å². The lowest BCUT2D eigenvalue weighted by atomic mass is 10.2. The lowest BCUT2D eigenvalue weighted by molar-refractivity contribution is -0.146. The second-order valence-electron chi connectivity index (χ2n) is 4.59. The molecule has 1 saturated heterocycles. The van der Waals surface area contributed by atoms with Gasteiger partial charge in [-0.15, -0.1) is 0 Å². The molecule has 4 nitrogen and oxygen atoms in total. The highest BCUT2D eigenvalue weighted by Gasteiger charge is 2.32.